The Kier molecular flexibility index (Phi) is 12.2. The summed E-state index contributed by atoms with van der Waals surface area (Å²) in [5.41, 5.74) is 10.7. The van der Waals surface area contributed by atoms with Crippen LogP contribution in [0.25, 0.3) is 22.5 Å². The minimum atomic E-state index is -1.03. The third-order valence-electron chi connectivity index (χ3n) is 10.0. The van der Waals surface area contributed by atoms with Gasteiger partial charge in [-0.05, 0) is 123 Å². The number of hydrogen-bond donors (Lipinski definition) is 4. The summed E-state index contributed by atoms with van der Waals surface area (Å²) >= 11 is 0. The van der Waals surface area contributed by atoms with Gasteiger partial charge in [-0.1, -0.05) is 24.3 Å². The Morgan fingerprint density at radius 1 is 1.02 bits per heavy atom. The number of nitrogens with one attached hydrogen (secondary N) is 3. The molecule has 5 amide bonds. The molecule has 2 fully saturated rings. The number of alkyl carbamates (subject to hydrolysis) is 1. The van der Waals surface area contributed by atoms with Crippen molar-refractivity contribution in [1.29, 1.82) is 0 Å². The Balaban J connectivity index is 1.13. The van der Waals surface area contributed by atoms with Crippen LogP contribution in [0.5, 0.6) is 0 Å². The predicted molar refractivity (Wildman–Crippen MR) is 207 cm³/mol. The van der Waals surface area contributed by atoms with Gasteiger partial charge < -0.3 is 26.0 Å². The van der Waals surface area contributed by atoms with Gasteiger partial charge in [-0.2, -0.15) is 0 Å². The molecule has 0 spiro atoms. The first kappa shape index (κ1) is 39.7. The van der Waals surface area contributed by atoms with E-state index in [-0.39, 0.29) is 42.3 Å². The molecule has 0 radical (unpaired) electrons. The molecule has 6 rings (SSSR count). The second kappa shape index (κ2) is 17.2. The van der Waals surface area contributed by atoms with Gasteiger partial charge in [0.2, 0.25) is 11.8 Å². The molecule has 3 heterocycles. The predicted octanol–water partition coefficient (Wildman–Crippen LogP) is 3.57. The van der Waals surface area contributed by atoms with Gasteiger partial charge in [0, 0.05) is 42.9 Å². The van der Waals surface area contributed by atoms with Crippen molar-refractivity contribution in [2.45, 2.75) is 71.4 Å². The Hall–Kier alpha value is -6.03. The number of imide groups is 1. The van der Waals surface area contributed by atoms with Gasteiger partial charge in [0.25, 0.3) is 11.8 Å². The number of ether oxygens (including phenoxy) is 1. The fourth-order valence-electron chi connectivity index (χ4n) is 7.03. The third kappa shape index (κ3) is 9.79. The Labute approximate surface area is 324 Å². The van der Waals surface area contributed by atoms with Crippen LogP contribution in [-0.2, 0) is 25.5 Å². The standard InChI is InChI=1S/C40H48N10O6/c1-24-19-33(38(54)49-18-17-42-34(51)23-49)43-22-31(24)27-9-5-25(6-10-27)20-32(41)37(53)50(30-15-13-28(14-16-30)35-45-47-48-46-35)36(52)29-11-7-26(8-12-29)21-44-39(55)56-40(2,3)4/h5-6,9-10,13-16,19,22,26,29,32H,7-8,11-12,17-18,20-21,23,41H2,1-4H3,(H,42,51)(H,44,55)(H,45,46,47,48)/t26-,29-,32-/m0/s1. The number of hydrogen-bond acceptors (Lipinski definition) is 11. The number of benzene rings is 2. The molecule has 0 bridgehead atoms. The van der Waals surface area contributed by atoms with Gasteiger partial charge in [0.15, 0.2) is 5.82 Å². The highest BCUT2D eigenvalue weighted by atomic mass is 16.6. The summed E-state index contributed by atoms with van der Waals surface area (Å²) in [6, 6.07) is 15.1. The van der Waals surface area contributed by atoms with Gasteiger partial charge in [0.1, 0.15) is 11.3 Å². The molecule has 5 N–H and O–H groups in total. The third-order valence-corrected chi connectivity index (χ3v) is 10.0. The van der Waals surface area contributed by atoms with Gasteiger partial charge in [-0.15, -0.1) is 5.10 Å². The minimum Gasteiger partial charge on any atom is -0.444 e. The van der Waals surface area contributed by atoms with Crippen LogP contribution >= 0.6 is 0 Å². The van der Waals surface area contributed by atoms with E-state index in [4.69, 9.17) is 10.5 Å². The highest BCUT2D eigenvalue weighted by Crippen LogP contribution is 2.32. The van der Waals surface area contributed by atoms with Gasteiger partial charge in [-0.25, -0.2) is 14.8 Å². The van der Waals surface area contributed by atoms with E-state index in [2.05, 4.69) is 36.2 Å². The van der Waals surface area contributed by atoms with Crippen LogP contribution in [0.3, 0.4) is 0 Å². The topological polar surface area (TPSA) is 218 Å². The highest BCUT2D eigenvalue weighted by molar-refractivity contribution is 6.17. The number of piperazine rings is 1. The first-order chi connectivity index (χ1) is 26.8. The van der Waals surface area contributed by atoms with Crippen molar-refractivity contribution >= 4 is 35.4 Å². The molecule has 2 aromatic carbocycles. The van der Waals surface area contributed by atoms with Crippen LogP contribution in [0.4, 0.5) is 10.5 Å². The van der Waals surface area contributed by atoms with Crippen LogP contribution in [-0.4, -0.2) is 98.1 Å². The number of amides is 5. The van der Waals surface area contributed by atoms with Crippen molar-refractivity contribution in [2.75, 3.05) is 31.1 Å². The second-order valence-corrected chi connectivity index (χ2v) is 15.4. The molecule has 1 saturated carbocycles. The lowest BCUT2D eigenvalue weighted by Gasteiger charge is -2.32. The maximum absolute atomic E-state index is 14.2. The summed E-state index contributed by atoms with van der Waals surface area (Å²) in [6.07, 6.45) is 3.88. The molecule has 16 heteroatoms. The van der Waals surface area contributed by atoms with Gasteiger partial charge in [-0.3, -0.25) is 24.2 Å². The van der Waals surface area contributed by atoms with Gasteiger partial charge >= 0.3 is 6.09 Å². The molecule has 1 aliphatic heterocycles. The Morgan fingerprint density at radius 2 is 1.71 bits per heavy atom. The molecule has 1 atom stereocenters. The van der Waals surface area contributed by atoms with E-state index in [1.54, 1.807) is 36.5 Å². The number of nitrogens with two attached hydrogens (primary N) is 1. The van der Waals surface area contributed by atoms with Crippen molar-refractivity contribution in [3.8, 4) is 22.5 Å². The van der Waals surface area contributed by atoms with Gasteiger partial charge in [0.05, 0.1) is 18.3 Å². The molecule has 2 aromatic heterocycles. The van der Waals surface area contributed by atoms with Crippen molar-refractivity contribution in [2.24, 2.45) is 17.6 Å². The number of aromatic nitrogens is 5. The Bertz CT molecular complexity index is 2040. The van der Waals surface area contributed by atoms with Crippen LogP contribution in [0.15, 0.2) is 60.8 Å². The van der Waals surface area contributed by atoms with Crippen LogP contribution in [0.2, 0.25) is 0 Å². The van der Waals surface area contributed by atoms with E-state index >= 15 is 0 Å². The summed E-state index contributed by atoms with van der Waals surface area (Å²) in [4.78, 5) is 72.4. The number of tetrazole rings is 1. The SMILES string of the molecule is Cc1cc(C(=O)N2CCNC(=O)C2)ncc1-c1ccc(C[C@H](N)C(=O)N(c2ccc(-c3nnn[nH]3)cc2)C(=O)[C@H]2CC[C@H](CNC(=O)OC(C)(C)C)CC2)cc1. The molecule has 2 aliphatic rings. The zero-order valence-electron chi connectivity index (χ0n) is 32.1. The van der Waals surface area contributed by atoms with Crippen LogP contribution in [0.1, 0.15) is 68.1 Å². The Morgan fingerprint density at radius 3 is 2.34 bits per heavy atom. The number of aromatic amines is 1. The molecule has 1 saturated heterocycles. The quantitative estimate of drug-likeness (QED) is 0.183. The van der Waals surface area contributed by atoms with Crippen LogP contribution in [0, 0.1) is 18.8 Å². The maximum Gasteiger partial charge on any atom is 0.407 e. The van der Waals surface area contributed by atoms with E-state index in [0.717, 1.165) is 22.3 Å². The molecule has 1 aliphatic carbocycles. The largest absolute Gasteiger partial charge is 0.444 e. The molecule has 4 aromatic rings. The number of pyridine rings is 1. The molecule has 294 valence electrons. The number of rotatable bonds is 10. The van der Waals surface area contributed by atoms with Crippen molar-refractivity contribution in [3.05, 3.63) is 77.6 Å². The number of carbonyl (C=O) groups is 5. The summed E-state index contributed by atoms with van der Waals surface area (Å²) in [5.74, 6) is -1.10. The second-order valence-electron chi connectivity index (χ2n) is 15.4. The summed E-state index contributed by atoms with van der Waals surface area (Å²) in [6.45, 7) is 8.61. The fourth-order valence-corrected chi connectivity index (χ4v) is 7.03. The molecule has 56 heavy (non-hydrogen) atoms. The molecular formula is C40H48N10O6. The average Bonchev–Trinajstić information content (AvgIpc) is 3.72. The number of H-pyrrole nitrogens is 1. The number of carbonyl (C=O) groups excluding carboxylic acids is 5. The average molecular weight is 765 g/mol. The van der Waals surface area contributed by atoms with E-state index in [1.165, 1.54) is 9.80 Å². The highest BCUT2D eigenvalue weighted by Gasteiger charge is 2.35. The van der Waals surface area contributed by atoms with Crippen molar-refractivity contribution < 1.29 is 28.7 Å². The fraction of sp³-hybridized carbons (Fsp3) is 0.425. The van der Waals surface area contributed by atoms with Crippen LogP contribution < -0.4 is 21.3 Å². The lowest BCUT2D eigenvalue weighted by atomic mass is 9.81. The first-order valence-corrected chi connectivity index (χ1v) is 18.8. The smallest absolute Gasteiger partial charge is 0.407 e. The van der Waals surface area contributed by atoms with E-state index in [1.807, 2.05) is 52.0 Å². The van der Waals surface area contributed by atoms with E-state index in [0.29, 0.717) is 62.4 Å². The zero-order chi connectivity index (χ0) is 40.0. The van der Waals surface area contributed by atoms with E-state index < -0.39 is 29.6 Å². The van der Waals surface area contributed by atoms with Crippen molar-refractivity contribution in [3.63, 3.8) is 0 Å². The lowest BCUT2D eigenvalue weighted by Crippen LogP contribution is -2.50. The summed E-state index contributed by atoms with van der Waals surface area (Å²) in [5, 5.41) is 19.4. The number of anilines is 1. The summed E-state index contributed by atoms with van der Waals surface area (Å²) in [7, 11) is 0. The zero-order valence-corrected chi connectivity index (χ0v) is 32.1. The van der Waals surface area contributed by atoms with E-state index in [9.17, 15) is 24.0 Å². The lowest BCUT2D eigenvalue weighted by molar-refractivity contribution is -0.130. The monoisotopic (exact) mass is 764 g/mol. The number of aryl methyl sites for hydroxylation is 1. The molecular weight excluding hydrogens is 717 g/mol. The van der Waals surface area contributed by atoms with Crippen molar-refractivity contribution in [1.82, 2.24) is 41.1 Å². The maximum atomic E-state index is 14.2. The normalized spacial score (nSPS) is 17.7. The molecule has 0 unspecified atom stereocenters. The first-order valence-electron chi connectivity index (χ1n) is 18.8. The number of nitrogens with zero attached hydrogens (tertiary/aromatic N) is 6. The molecule has 16 nitrogen and oxygen atoms in total. The summed E-state index contributed by atoms with van der Waals surface area (Å²) < 4.78 is 5.36. The minimum absolute atomic E-state index is 0.00484.